The summed E-state index contributed by atoms with van der Waals surface area (Å²) in [6.45, 7) is 8.82. The van der Waals surface area contributed by atoms with Crippen LogP contribution in [0.3, 0.4) is 0 Å². The van der Waals surface area contributed by atoms with E-state index in [2.05, 4.69) is 37.6 Å². The van der Waals surface area contributed by atoms with Gasteiger partial charge in [-0.15, -0.1) is 0 Å². The second-order valence-electron chi connectivity index (χ2n) is 2.32. The highest BCUT2D eigenvalue weighted by Gasteiger charge is 1.93. The Morgan fingerprint density at radius 2 is 2.18 bits per heavy atom. The van der Waals surface area contributed by atoms with E-state index in [1.54, 1.807) is 6.08 Å². The molecule has 0 aromatic carbocycles. The van der Waals surface area contributed by atoms with Crippen LogP contribution in [0.5, 0.6) is 0 Å². The first-order valence-corrected chi connectivity index (χ1v) is 3.92. The maximum atomic E-state index is 3.62. The summed E-state index contributed by atoms with van der Waals surface area (Å²) in [6.07, 6.45) is 7.87. The maximum Gasteiger partial charge on any atom is 0.0320 e. The lowest BCUT2D eigenvalue weighted by atomic mass is 10.3. The molecule has 0 atom stereocenters. The molecule has 0 saturated heterocycles. The molecular weight excluding hydrogens is 134 g/mol. The number of hydrogen-bond acceptors (Lipinski definition) is 1. The van der Waals surface area contributed by atoms with Gasteiger partial charge in [-0.25, -0.2) is 0 Å². The summed E-state index contributed by atoms with van der Waals surface area (Å²) in [7, 11) is 2.07. The van der Waals surface area contributed by atoms with E-state index < -0.39 is 0 Å². The largest absolute Gasteiger partial charge is 0.375 e. The second-order valence-corrected chi connectivity index (χ2v) is 2.32. The summed E-state index contributed by atoms with van der Waals surface area (Å²) in [4.78, 5) is 2.18. The minimum Gasteiger partial charge on any atom is -0.375 e. The minimum absolute atomic E-state index is 1.03. The molecule has 1 heteroatoms. The molecule has 0 heterocycles. The summed E-state index contributed by atoms with van der Waals surface area (Å²) >= 11 is 0. The van der Waals surface area contributed by atoms with Crippen LogP contribution in [0.25, 0.3) is 0 Å². The van der Waals surface area contributed by atoms with E-state index in [1.165, 1.54) is 5.70 Å². The van der Waals surface area contributed by atoms with Crippen molar-refractivity contribution < 1.29 is 0 Å². The van der Waals surface area contributed by atoms with Crippen LogP contribution >= 0.6 is 0 Å². The SMILES string of the molecule is C=C/C=C\C(=C/C)N(C)CC. The van der Waals surface area contributed by atoms with Crippen molar-refractivity contribution in [1.29, 1.82) is 0 Å². The monoisotopic (exact) mass is 151 g/mol. The van der Waals surface area contributed by atoms with Crippen molar-refractivity contribution >= 4 is 0 Å². The fraction of sp³-hybridized carbons (Fsp3) is 0.400. The summed E-state index contributed by atoms with van der Waals surface area (Å²) < 4.78 is 0. The van der Waals surface area contributed by atoms with Crippen molar-refractivity contribution in [3.05, 3.63) is 36.6 Å². The Labute approximate surface area is 69.7 Å². The predicted molar refractivity (Wildman–Crippen MR) is 51.4 cm³/mol. The van der Waals surface area contributed by atoms with Gasteiger partial charge in [-0.1, -0.05) is 24.8 Å². The Balaban J connectivity index is 4.18. The fourth-order valence-corrected chi connectivity index (χ4v) is 0.793. The second kappa shape index (κ2) is 5.78. The molecule has 0 radical (unpaired) electrons. The van der Waals surface area contributed by atoms with Crippen LogP contribution < -0.4 is 0 Å². The van der Waals surface area contributed by atoms with Crippen LogP contribution in [0.2, 0.25) is 0 Å². The van der Waals surface area contributed by atoms with Gasteiger partial charge in [-0.3, -0.25) is 0 Å². The molecule has 0 rings (SSSR count). The van der Waals surface area contributed by atoms with Crippen molar-refractivity contribution in [2.75, 3.05) is 13.6 Å². The third-order valence-corrected chi connectivity index (χ3v) is 1.61. The Bertz CT molecular complexity index is 166. The molecular formula is C10H17N. The van der Waals surface area contributed by atoms with Crippen LogP contribution in [0.4, 0.5) is 0 Å². The average molecular weight is 151 g/mol. The van der Waals surface area contributed by atoms with Gasteiger partial charge in [0, 0.05) is 19.3 Å². The zero-order valence-electron chi connectivity index (χ0n) is 7.67. The van der Waals surface area contributed by atoms with Gasteiger partial charge >= 0.3 is 0 Å². The van der Waals surface area contributed by atoms with E-state index >= 15 is 0 Å². The van der Waals surface area contributed by atoms with Gasteiger partial charge < -0.3 is 4.90 Å². The minimum atomic E-state index is 1.03. The molecule has 0 aliphatic rings. The molecule has 0 bridgehead atoms. The molecule has 62 valence electrons. The molecule has 1 nitrogen and oxygen atoms in total. The Kier molecular flexibility index (Phi) is 5.26. The summed E-state index contributed by atoms with van der Waals surface area (Å²) in [5.41, 5.74) is 1.23. The van der Waals surface area contributed by atoms with Crippen LogP contribution in [0.1, 0.15) is 13.8 Å². The number of nitrogens with zero attached hydrogens (tertiary/aromatic N) is 1. The molecule has 0 amide bonds. The van der Waals surface area contributed by atoms with E-state index in [-0.39, 0.29) is 0 Å². The molecule has 0 aliphatic heterocycles. The molecule has 11 heavy (non-hydrogen) atoms. The Morgan fingerprint density at radius 3 is 2.55 bits per heavy atom. The lowest BCUT2D eigenvalue weighted by Crippen LogP contribution is -2.15. The fourth-order valence-electron chi connectivity index (χ4n) is 0.793. The molecule has 0 aromatic rings. The van der Waals surface area contributed by atoms with Crippen molar-refractivity contribution in [2.24, 2.45) is 0 Å². The number of allylic oxidation sites excluding steroid dienone is 4. The molecule has 0 spiro atoms. The maximum absolute atomic E-state index is 3.62. The van der Waals surface area contributed by atoms with Gasteiger partial charge in [0.15, 0.2) is 0 Å². The van der Waals surface area contributed by atoms with Crippen molar-refractivity contribution in [1.82, 2.24) is 4.90 Å². The topological polar surface area (TPSA) is 3.24 Å². The third-order valence-electron chi connectivity index (χ3n) is 1.61. The lowest BCUT2D eigenvalue weighted by molar-refractivity contribution is 0.455. The first kappa shape index (κ1) is 10.0. The number of rotatable bonds is 4. The quantitative estimate of drug-likeness (QED) is 0.558. The van der Waals surface area contributed by atoms with Crippen molar-refractivity contribution in [2.45, 2.75) is 13.8 Å². The molecule has 0 aliphatic carbocycles. The summed E-state index contributed by atoms with van der Waals surface area (Å²) in [6, 6.07) is 0. The van der Waals surface area contributed by atoms with Crippen molar-refractivity contribution in [3.8, 4) is 0 Å². The van der Waals surface area contributed by atoms with Gasteiger partial charge in [-0.2, -0.15) is 0 Å². The van der Waals surface area contributed by atoms with Gasteiger partial charge in [0.1, 0.15) is 0 Å². The molecule has 0 aromatic heterocycles. The normalized spacial score (nSPS) is 12.1. The molecule has 0 N–H and O–H groups in total. The predicted octanol–water partition coefficient (Wildman–Crippen LogP) is 2.58. The molecule has 0 unspecified atom stereocenters. The average Bonchev–Trinajstić information content (AvgIpc) is 2.05. The number of likely N-dealkylation sites (N-methyl/N-ethyl adjacent to an activating group) is 1. The first-order chi connectivity index (χ1) is 5.26. The Hall–Kier alpha value is -0.980. The van der Waals surface area contributed by atoms with Crippen LogP contribution in [-0.4, -0.2) is 18.5 Å². The molecule has 0 saturated carbocycles. The number of hydrogen-bond donors (Lipinski definition) is 0. The lowest BCUT2D eigenvalue weighted by Gasteiger charge is -2.17. The highest BCUT2D eigenvalue weighted by Crippen LogP contribution is 2.01. The van der Waals surface area contributed by atoms with E-state index in [1.807, 2.05) is 13.0 Å². The van der Waals surface area contributed by atoms with Crippen LogP contribution in [0, 0.1) is 0 Å². The van der Waals surface area contributed by atoms with E-state index in [9.17, 15) is 0 Å². The van der Waals surface area contributed by atoms with E-state index in [0.717, 1.165) is 6.54 Å². The van der Waals surface area contributed by atoms with E-state index in [4.69, 9.17) is 0 Å². The first-order valence-electron chi connectivity index (χ1n) is 3.92. The third kappa shape index (κ3) is 3.66. The highest BCUT2D eigenvalue weighted by molar-refractivity contribution is 5.19. The van der Waals surface area contributed by atoms with Crippen LogP contribution in [-0.2, 0) is 0 Å². The van der Waals surface area contributed by atoms with Gasteiger partial charge in [0.25, 0.3) is 0 Å². The van der Waals surface area contributed by atoms with E-state index in [0.29, 0.717) is 0 Å². The van der Waals surface area contributed by atoms with Gasteiger partial charge in [0.05, 0.1) is 0 Å². The van der Waals surface area contributed by atoms with Gasteiger partial charge in [-0.05, 0) is 19.9 Å². The zero-order valence-corrected chi connectivity index (χ0v) is 7.67. The summed E-state index contributed by atoms with van der Waals surface area (Å²) in [5, 5.41) is 0. The zero-order chi connectivity index (χ0) is 8.69. The summed E-state index contributed by atoms with van der Waals surface area (Å²) in [5.74, 6) is 0. The Morgan fingerprint density at radius 1 is 1.55 bits per heavy atom. The van der Waals surface area contributed by atoms with Gasteiger partial charge in [0.2, 0.25) is 0 Å². The standard InChI is InChI=1S/C10H17N/c1-5-8-9-10(6-2)11(4)7-3/h5-6,8-9H,1,7H2,2-4H3/b9-8-,10-6+. The highest BCUT2D eigenvalue weighted by atomic mass is 15.1. The van der Waals surface area contributed by atoms with Crippen LogP contribution in [0.15, 0.2) is 36.6 Å². The smallest absolute Gasteiger partial charge is 0.0320 e. The molecule has 0 fully saturated rings. The van der Waals surface area contributed by atoms with Crippen molar-refractivity contribution in [3.63, 3.8) is 0 Å².